The second-order valence-corrected chi connectivity index (χ2v) is 1.66. The second-order valence-electron chi connectivity index (χ2n) is 0.837. The van der Waals surface area contributed by atoms with Crippen molar-refractivity contribution in [3.63, 3.8) is 0 Å². The van der Waals surface area contributed by atoms with E-state index in [4.69, 9.17) is 10.2 Å². The van der Waals surface area contributed by atoms with Crippen molar-refractivity contribution in [3.05, 3.63) is 12.3 Å². The van der Waals surface area contributed by atoms with Gasteiger partial charge >= 0.3 is 57.1 Å². The van der Waals surface area contributed by atoms with E-state index in [-0.39, 0.29) is 0 Å². The molecule has 1 atom stereocenters. The second kappa shape index (κ2) is 4.51. The fraction of sp³-hybridized carbons (Fsp3) is 0.333. The third-order valence-electron chi connectivity index (χ3n) is 0.359. The minimum atomic E-state index is -0.932. The first-order valence-electron chi connectivity index (χ1n) is 1.60. The van der Waals surface area contributed by atoms with E-state index in [1.807, 2.05) is 0 Å². The van der Waals surface area contributed by atoms with Gasteiger partial charge in [0.05, 0.1) is 0 Å². The molecule has 0 aliphatic heterocycles. The van der Waals surface area contributed by atoms with Crippen molar-refractivity contribution >= 4 is 25.5 Å². The van der Waals surface area contributed by atoms with Crippen LogP contribution in [0.4, 0.5) is 0 Å². The van der Waals surface area contributed by atoms with Gasteiger partial charge in [-0.25, -0.2) is 0 Å². The van der Waals surface area contributed by atoms with Crippen molar-refractivity contribution in [3.8, 4) is 0 Å². The van der Waals surface area contributed by atoms with E-state index >= 15 is 0 Å². The Morgan fingerprint density at radius 2 is 2.29 bits per heavy atom. The van der Waals surface area contributed by atoms with Crippen LogP contribution in [0.3, 0.4) is 0 Å². The van der Waals surface area contributed by atoms with Crippen LogP contribution in [0, 0.1) is 0 Å². The van der Waals surface area contributed by atoms with Crippen LogP contribution in [0.2, 0.25) is 0 Å². The molecule has 2 N–H and O–H groups in total. The van der Waals surface area contributed by atoms with Crippen LogP contribution in [-0.4, -0.2) is 42.0 Å². The van der Waals surface area contributed by atoms with Crippen LogP contribution in [-0.2, 0) is 2.77 Å². The topological polar surface area (TPSA) is 49.7 Å². The van der Waals surface area contributed by atoms with Gasteiger partial charge in [0.25, 0.3) is 0 Å². The molecular formula is C3H6O3Po. The molecule has 0 radical (unpaired) electrons. The summed E-state index contributed by atoms with van der Waals surface area (Å²) in [5, 5.41) is 16.4. The van der Waals surface area contributed by atoms with Gasteiger partial charge in [-0.05, 0) is 0 Å². The summed E-state index contributed by atoms with van der Waals surface area (Å²) >= 11 is 0.647. The van der Waals surface area contributed by atoms with Gasteiger partial charge in [0.2, 0.25) is 0 Å². The van der Waals surface area contributed by atoms with Crippen molar-refractivity contribution in [1.82, 2.24) is 0 Å². The molecule has 0 saturated carbocycles. The molecule has 0 heterocycles. The molecule has 0 spiro atoms. The molecule has 0 aromatic heterocycles. The van der Waals surface area contributed by atoms with Crippen molar-refractivity contribution in [2.24, 2.45) is 0 Å². The Kier molecular flexibility index (Phi) is 4.74. The molecule has 0 saturated heterocycles. The van der Waals surface area contributed by atoms with Crippen LogP contribution in [0.15, 0.2) is 12.3 Å². The summed E-state index contributed by atoms with van der Waals surface area (Å²) in [6, 6.07) is 0. The molecule has 3 nitrogen and oxygen atoms in total. The first kappa shape index (κ1) is 7.36. The SMILES string of the molecule is OC=CC(O)[O][PoH]. The van der Waals surface area contributed by atoms with Crippen molar-refractivity contribution in [2.75, 3.05) is 0 Å². The number of hydrogen-bond acceptors (Lipinski definition) is 3. The van der Waals surface area contributed by atoms with E-state index in [2.05, 4.69) is 2.77 Å². The van der Waals surface area contributed by atoms with Crippen LogP contribution >= 0.6 is 0 Å². The van der Waals surface area contributed by atoms with Gasteiger partial charge in [0.15, 0.2) is 0 Å². The summed E-state index contributed by atoms with van der Waals surface area (Å²) in [5.41, 5.74) is 0. The minimum absolute atomic E-state index is 0.647. The van der Waals surface area contributed by atoms with Crippen LogP contribution in [0.25, 0.3) is 0 Å². The quantitative estimate of drug-likeness (QED) is 0.519. The molecule has 0 aliphatic carbocycles. The van der Waals surface area contributed by atoms with E-state index in [1.165, 1.54) is 0 Å². The van der Waals surface area contributed by atoms with Gasteiger partial charge in [-0.1, -0.05) is 0 Å². The molecule has 0 rings (SSSR count). The van der Waals surface area contributed by atoms with E-state index in [9.17, 15) is 0 Å². The van der Waals surface area contributed by atoms with E-state index in [0.29, 0.717) is 25.5 Å². The molecule has 0 bridgehead atoms. The standard InChI is InChI=1S/C3H5O3.Po.H/c4-2-1-3(5)6;;/h1-5H;;/q-1;+1;. The fourth-order valence-electron chi connectivity index (χ4n) is 0.109. The van der Waals surface area contributed by atoms with Gasteiger partial charge in [-0.2, -0.15) is 0 Å². The van der Waals surface area contributed by atoms with Gasteiger partial charge in [0, 0.05) is 0 Å². The molecule has 0 amide bonds. The van der Waals surface area contributed by atoms with Crippen molar-refractivity contribution < 1.29 is 13.0 Å². The maximum absolute atomic E-state index is 8.42. The Morgan fingerprint density at radius 1 is 1.71 bits per heavy atom. The molecule has 0 fully saturated rings. The normalized spacial score (nSPS) is 15.1. The van der Waals surface area contributed by atoms with Gasteiger partial charge in [-0.3, -0.25) is 0 Å². The molecule has 0 aromatic rings. The third kappa shape index (κ3) is 4.20. The number of aliphatic hydroxyl groups is 2. The van der Waals surface area contributed by atoms with Crippen molar-refractivity contribution in [2.45, 2.75) is 6.29 Å². The summed E-state index contributed by atoms with van der Waals surface area (Å²) in [6.45, 7) is 0. The number of rotatable bonds is 2. The monoisotopic (exact) mass is 299 g/mol. The molecule has 0 aliphatic rings. The average molecular weight is 299 g/mol. The van der Waals surface area contributed by atoms with E-state index < -0.39 is 6.29 Å². The number of aliphatic hydroxyl groups excluding tert-OH is 2. The Bertz CT molecular complexity index is 63.2. The van der Waals surface area contributed by atoms with Gasteiger partial charge in [-0.15, -0.1) is 0 Å². The van der Waals surface area contributed by atoms with Gasteiger partial charge in [0.1, 0.15) is 0 Å². The first-order chi connectivity index (χ1) is 3.31. The third-order valence-corrected chi connectivity index (χ3v) is 1.20. The van der Waals surface area contributed by atoms with Crippen molar-refractivity contribution in [1.29, 1.82) is 0 Å². The molecule has 42 valence electrons. The van der Waals surface area contributed by atoms with Gasteiger partial charge < -0.3 is 0 Å². The Morgan fingerprint density at radius 3 is 2.43 bits per heavy atom. The zero-order valence-electron chi connectivity index (χ0n) is 3.48. The average Bonchev–Trinajstić information content (AvgIpc) is 1.68. The van der Waals surface area contributed by atoms with E-state index in [0.717, 1.165) is 12.3 Å². The molecule has 4 heteroatoms. The molecule has 7 heavy (non-hydrogen) atoms. The zero-order valence-corrected chi connectivity index (χ0v) is 6.96. The maximum atomic E-state index is 8.42. The zero-order chi connectivity index (χ0) is 5.70. The summed E-state index contributed by atoms with van der Waals surface area (Å²) < 4.78 is 4.41. The molecular weight excluding hydrogens is 293 g/mol. The first-order valence-corrected chi connectivity index (χ1v) is 3.02. The Labute approximate surface area is 57.4 Å². The molecule has 0 aromatic carbocycles. The Balaban J connectivity index is 3.16. The number of hydrogen-bond donors (Lipinski definition) is 2. The summed E-state index contributed by atoms with van der Waals surface area (Å²) in [4.78, 5) is 0. The molecule has 1 unspecified atom stereocenters. The summed E-state index contributed by atoms with van der Waals surface area (Å²) in [5.74, 6) is 0. The Hall–Kier alpha value is 0.356. The van der Waals surface area contributed by atoms with E-state index in [1.54, 1.807) is 0 Å². The predicted octanol–water partition coefficient (Wildman–Crippen LogP) is -0.791. The van der Waals surface area contributed by atoms with Crippen LogP contribution < -0.4 is 0 Å². The van der Waals surface area contributed by atoms with Crippen LogP contribution in [0.1, 0.15) is 0 Å². The fourth-order valence-corrected chi connectivity index (χ4v) is 0.382. The predicted molar refractivity (Wildman–Crippen MR) is 26.0 cm³/mol. The van der Waals surface area contributed by atoms with Crippen LogP contribution in [0.5, 0.6) is 0 Å². The summed E-state index contributed by atoms with van der Waals surface area (Å²) in [6.07, 6.45) is 0.955. The summed E-state index contributed by atoms with van der Waals surface area (Å²) in [7, 11) is 0.